The highest BCUT2D eigenvalue weighted by atomic mass is 16.7. The SMILES string of the molecule is C=C1C[C@H]2C=Nc3cc(OCCCCCOc4cc5c(cc4OC)C(=O)N4CC(=C)C[C@H]4[C@@H](O)N5C(=O)OCc4ccc(O[C@@H]5OC(C(=O)O)[C@@H](O)C(O)[C@H]5O)c(C(=O)NCCON)c4)c(OC)cc3C(=O)N2C1. The normalized spacial score (nSPS) is 24.0. The highest BCUT2D eigenvalue weighted by Gasteiger charge is 2.49. The molecule has 0 saturated carbocycles. The van der Waals surface area contributed by atoms with E-state index in [1.165, 1.54) is 49.5 Å². The zero-order chi connectivity index (χ0) is 53.0. The summed E-state index contributed by atoms with van der Waals surface area (Å²) in [6.45, 7) is 8.43. The van der Waals surface area contributed by atoms with E-state index in [9.17, 15) is 49.5 Å². The van der Waals surface area contributed by atoms with Gasteiger partial charge in [-0.05, 0) is 61.9 Å². The minimum Gasteiger partial charge on any atom is -0.493 e. The number of carbonyl (C=O) groups is 5. The minimum atomic E-state index is -2.00. The first-order valence-corrected chi connectivity index (χ1v) is 23.7. The third-order valence-electron chi connectivity index (χ3n) is 13.1. The molecule has 3 aromatic rings. The maximum atomic E-state index is 14.3. The molecular weight excluding hydrogens is 973 g/mol. The van der Waals surface area contributed by atoms with Crippen LogP contribution in [-0.2, 0) is 25.7 Å². The number of carboxylic acids is 1. The van der Waals surface area contributed by atoms with Gasteiger partial charge in [-0.25, -0.2) is 20.4 Å². The summed E-state index contributed by atoms with van der Waals surface area (Å²) in [6, 6.07) is 9.01. The monoisotopic (exact) mass is 1030 g/mol. The number of amides is 4. The van der Waals surface area contributed by atoms with Crippen molar-refractivity contribution in [3.63, 3.8) is 0 Å². The molecule has 24 heteroatoms. The molecule has 24 nitrogen and oxygen atoms in total. The number of hydrogen-bond acceptors (Lipinski definition) is 19. The van der Waals surface area contributed by atoms with Crippen molar-refractivity contribution in [3.8, 4) is 28.7 Å². The second-order valence-corrected chi connectivity index (χ2v) is 18.1. The van der Waals surface area contributed by atoms with Crippen molar-refractivity contribution in [3.05, 3.63) is 89.0 Å². The second kappa shape index (κ2) is 22.8. The quantitative estimate of drug-likeness (QED) is 0.0513. The summed E-state index contributed by atoms with van der Waals surface area (Å²) in [4.78, 5) is 80.2. The van der Waals surface area contributed by atoms with E-state index in [0.717, 1.165) is 10.5 Å². The molecular formula is C50H58N6O18. The maximum absolute atomic E-state index is 14.3. The van der Waals surface area contributed by atoms with E-state index >= 15 is 0 Å². The number of hydrogen-bond donors (Lipinski definition) is 7. The number of methoxy groups -OCH3 is 2. The number of aliphatic carboxylic acids is 1. The van der Waals surface area contributed by atoms with Gasteiger partial charge in [0.1, 0.15) is 30.7 Å². The number of nitrogens with zero attached hydrogens (tertiary/aromatic N) is 4. The number of rotatable bonds is 19. The fourth-order valence-corrected chi connectivity index (χ4v) is 9.29. The number of carbonyl (C=O) groups excluding carboxylic acids is 4. The number of carboxylic acid groups (broad SMARTS) is 1. The van der Waals surface area contributed by atoms with Gasteiger partial charge in [-0.1, -0.05) is 30.4 Å². The van der Waals surface area contributed by atoms with E-state index in [-0.39, 0.29) is 84.3 Å². The average Bonchev–Trinajstić information content (AvgIpc) is 3.93. The molecule has 5 heterocycles. The van der Waals surface area contributed by atoms with Crippen LogP contribution in [0.15, 0.2) is 71.8 Å². The van der Waals surface area contributed by atoms with Crippen LogP contribution in [0.3, 0.4) is 0 Å². The number of fused-ring (bicyclic) bond motifs is 4. The van der Waals surface area contributed by atoms with E-state index in [0.29, 0.717) is 67.2 Å². The molecule has 0 bridgehead atoms. The van der Waals surface area contributed by atoms with Crippen LogP contribution in [0.2, 0.25) is 0 Å². The van der Waals surface area contributed by atoms with Crippen molar-refractivity contribution >= 4 is 47.4 Å². The summed E-state index contributed by atoms with van der Waals surface area (Å²) in [5, 5.41) is 55.1. The zero-order valence-electron chi connectivity index (χ0n) is 40.5. The Morgan fingerprint density at radius 3 is 2.15 bits per heavy atom. The number of unbranched alkanes of at least 4 members (excludes halogenated alkanes) is 2. The molecule has 0 aliphatic carbocycles. The summed E-state index contributed by atoms with van der Waals surface area (Å²) in [6.07, 6.45) is -8.11. The summed E-state index contributed by atoms with van der Waals surface area (Å²) >= 11 is 0. The minimum absolute atomic E-state index is 0.00547. The van der Waals surface area contributed by atoms with Gasteiger partial charge >= 0.3 is 12.1 Å². The molecule has 396 valence electrons. The molecule has 3 aromatic carbocycles. The molecule has 8 N–H and O–H groups in total. The van der Waals surface area contributed by atoms with Gasteiger partial charge in [0.05, 0.1) is 74.2 Å². The Balaban J connectivity index is 0.954. The molecule has 8 atom stereocenters. The van der Waals surface area contributed by atoms with Crippen molar-refractivity contribution in [2.45, 2.75) is 87.7 Å². The second-order valence-electron chi connectivity index (χ2n) is 18.1. The van der Waals surface area contributed by atoms with E-state index < -0.39 is 73.5 Å². The largest absolute Gasteiger partial charge is 0.493 e. The van der Waals surface area contributed by atoms with Gasteiger partial charge in [-0.2, -0.15) is 0 Å². The number of aliphatic imine (C=N–C) groups is 1. The molecule has 3 saturated heterocycles. The molecule has 0 spiro atoms. The third kappa shape index (κ3) is 11.0. The predicted molar refractivity (Wildman–Crippen MR) is 259 cm³/mol. The first-order valence-electron chi connectivity index (χ1n) is 23.7. The van der Waals surface area contributed by atoms with Crippen molar-refractivity contribution < 1.29 is 87.5 Å². The first-order chi connectivity index (χ1) is 35.5. The van der Waals surface area contributed by atoms with Gasteiger partial charge in [0.2, 0.25) is 6.29 Å². The van der Waals surface area contributed by atoms with Crippen molar-refractivity contribution in [1.82, 2.24) is 15.1 Å². The molecule has 4 amide bonds. The number of ether oxygens (including phenoxy) is 7. The lowest BCUT2D eigenvalue weighted by molar-refractivity contribution is -0.271. The van der Waals surface area contributed by atoms with Gasteiger partial charge in [-0.3, -0.25) is 19.4 Å². The standard InChI is InChI=1S/C50H58N6O18/c1-25-14-28-21-53-32-19-38(36(67-3)17-29(32)45(61)54(28)22-25)69-11-6-5-7-12-70-39-20-33-30(18-37(39)68-4)46(62)55-23-26(2)15-34(55)47(63)56(33)50(66)71-24-27-8-9-35(31(16-27)44(60)52-10-13-72-51)73-49-42(59)40(57)41(58)43(74-49)48(64)65/h8-9,16-21,28,34,40-43,47,49,57-59,63H,1-2,5-7,10-15,22-24,51H2,3-4H3,(H,52,60)(H,64,65)/t28-,34-,40?,41-,42+,43?,47+,49+/m0/s1. The van der Waals surface area contributed by atoms with E-state index in [1.54, 1.807) is 23.2 Å². The van der Waals surface area contributed by atoms with Crippen LogP contribution in [0, 0.1) is 0 Å². The Morgan fingerprint density at radius 2 is 1.46 bits per heavy atom. The number of nitrogens with two attached hydrogens (primary N) is 1. The number of anilines is 1. The fraction of sp³-hybridized carbons (Fsp3) is 0.440. The molecule has 2 unspecified atom stereocenters. The summed E-state index contributed by atoms with van der Waals surface area (Å²) in [7, 11) is 2.90. The third-order valence-corrected chi connectivity index (χ3v) is 13.1. The number of aliphatic hydroxyl groups is 4. The van der Waals surface area contributed by atoms with Crippen LogP contribution >= 0.6 is 0 Å². The Kier molecular flexibility index (Phi) is 16.4. The van der Waals surface area contributed by atoms with Gasteiger partial charge in [0.15, 0.2) is 35.3 Å². The highest BCUT2D eigenvalue weighted by Crippen LogP contribution is 2.43. The zero-order valence-corrected chi connectivity index (χ0v) is 40.5. The number of nitrogens with one attached hydrogen (secondary N) is 1. The average molecular weight is 1030 g/mol. The fourth-order valence-electron chi connectivity index (χ4n) is 9.29. The molecule has 0 aromatic heterocycles. The summed E-state index contributed by atoms with van der Waals surface area (Å²) in [5.41, 5.74) is 2.47. The topological polar surface area (TPSA) is 320 Å². The van der Waals surface area contributed by atoms with Crippen molar-refractivity contribution in [2.75, 3.05) is 58.6 Å². The lowest BCUT2D eigenvalue weighted by Gasteiger charge is -2.38. The Labute approximate surface area is 424 Å². The molecule has 5 aliphatic rings. The van der Waals surface area contributed by atoms with E-state index in [2.05, 4.69) is 28.3 Å². The van der Waals surface area contributed by atoms with Crippen molar-refractivity contribution in [2.24, 2.45) is 10.9 Å². The Hall–Kier alpha value is -7.32. The van der Waals surface area contributed by atoms with Crippen LogP contribution in [0.5, 0.6) is 28.7 Å². The summed E-state index contributed by atoms with van der Waals surface area (Å²) in [5.74, 6) is 2.95. The lowest BCUT2D eigenvalue weighted by Crippen LogP contribution is -2.61. The van der Waals surface area contributed by atoms with Crippen LogP contribution < -0.4 is 39.8 Å². The van der Waals surface area contributed by atoms with Gasteiger partial charge in [0.25, 0.3) is 17.7 Å². The maximum Gasteiger partial charge on any atom is 0.416 e. The van der Waals surface area contributed by atoms with E-state index in [4.69, 9.17) is 39.1 Å². The molecule has 0 radical (unpaired) electrons. The summed E-state index contributed by atoms with van der Waals surface area (Å²) < 4.78 is 40.2. The van der Waals surface area contributed by atoms with Gasteiger partial charge in [-0.15, -0.1) is 0 Å². The van der Waals surface area contributed by atoms with E-state index in [1.807, 2.05) is 0 Å². The molecule has 74 heavy (non-hydrogen) atoms. The van der Waals surface area contributed by atoms with Crippen LogP contribution in [-0.4, -0.2) is 174 Å². The molecule has 5 aliphatic heterocycles. The van der Waals surface area contributed by atoms with Crippen molar-refractivity contribution in [1.29, 1.82) is 0 Å². The van der Waals surface area contributed by atoms with Crippen LogP contribution in [0.1, 0.15) is 68.7 Å². The lowest BCUT2D eigenvalue weighted by atomic mass is 9.99. The Morgan fingerprint density at radius 1 is 0.797 bits per heavy atom. The van der Waals surface area contributed by atoms with Crippen LogP contribution in [0.4, 0.5) is 16.2 Å². The highest BCUT2D eigenvalue weighted by molar-refractivity contribution is 6.06. The van der Waals surface area contributed by atoms with Crippen LogP contribution in [0.25, 0.3) is 0 Å². The Bertz CT molecular complexity index is 2720. The van der Waals surface area contributed by atoms with Gasteiger partial charge in [0, 0.05) is 38.0 Å². The first kappa shape index (κ1) is 53.0. The molecule has 3 fully saturated rings. The van der Waals surface area contributed by atoms with Gasteiger partial charge < -0.3 is 78.6 Å². The predicted octanol–water partition coefficient (Wildman–Crippen LogP) is 1.96. The smallest absolute Gasteiger partial charge is 0.416 e. The number of aliphatic hydroxyl groups excluding tert-OH is 4. The molecule has 8 rings (SSSR count). The number of benzene rings is 3.